The third-order valence-corrected chi connectivity index (χ3v) is 6.92. The fourth-order valence-electron chi connectivity index (χ4n) is 4.43. The Morgan fingerprint density at radius 2 is 2.00 bits per heavy atom. The number of hydrogen-bond acceptors (Lipinski definition) is 4. The minimum absolute atomic E-state index is 0.147. The molecule has 0 saturated carbocycles. The molecule has 4 rings (SSSR count). The summed E-state index contributed by atoms with van der Waals surface area (Å²) in [5.41, 5.74) is 3.99. The summed E-state index contributed by atoms with van der Waals surface area (Å²) in [7, 11) is 0. The molecule has 3 aromatic rings. The van der Waals surface area contributed by atoms with Gasteiger partial charge in [-0.15, -0.1) is 11.8 Å². The van der Waals surface area contributed by atoms with E-state index in [1.165, 1.54) is 11.8 Å². The van der Waals surface area contributed by atoms with Gasteiger partial charge in [0.1, 0.15) is 0 Å². The van der Waals surface area contributed by atoms with Crippen molar-refractivity contribution in [2.24, 2.45) is 5.92 Å². The van der Waals surface area contributed by atoms with E-state index in [0.29, 0.717) is 17.0 Å². The zero-order valence-electron chi connectivity index (χ0n) is 18.3. The van der Waals surface area contributed by atoms with Crippen molar-refractivity contribution in [3.8, 4) is 0 Å². The maximum absolute atomic E-state index is 13.3. The third-order valence-electron chi connectivity index (χ3n) is 6.12. The van der Waals surface area contributed by atoms with Gasteiger partial charge in [0, 0.05) is 59.1 Å². The lowest BCUT2D eigenvalue weighted by Gasteiger charge is -2.23. The molecule has 1 saturated heterocycles. The zero-order valence-corrected chi connectivity index (χ0v) is 19.1. The molecule has 1 aliphatic heterocycles. The number of pyridine rings is 1. The van der Waals surface area contributed by atoms with Crippen LogP contribution < -0.4 is 10.9 Å². The minimum atomic E-state index is -0.150. The summed E-state index contributed by atoms with van der Waals surface area (Å²) in [6, 6.07) is 10.0. The number of rotatable bonds is 6. The number of aromatic amines is 1. The Morgan fingerprint density at radius 1 is 1.26 bits per heavy atom. The molecule has 0 bridgehead atoms. The first kappa shape index (κ1) is 21.7. The first-order valence-corrected chi connectivity index (χ1v) is 11.9. The van der Waals surface area contributed by atoms with Crippen molar-refractivity contribution in [2.45, 2.75) is 44.7 Å². The number of benzene rings is 1. The fourth-order valence-corrected chi connectivity index (χ4v) is 5.14. The Kier molecular flexibility index (Phi) is 6.53. The summed E-state index contributed by atoms with van der Waals surface area (Å²) >= 11 is 1.51. The van der Waals surface area contributed by atoms with Crippen LogP contribution in [0.2, 0.25) is 0 Å². The van der Waals surface area contributed by atoms with Crippen LogP contribution in [0, 0.1) is 19.8 Å². The summed E-state index contributed by atoms with van der Waals surface area (Å²) in [6.45, 7) is 6.57. The molecule has 164 valence electrons. The Hall–Kier alpha value is -2.51. The van der Waals surface area contributed by atoms with E-state index in [4.69, 9.17) is 4.74 Å². The number of carbonyl (C=O) groups is 1. The second-order valence-electron chi connectivity index (χ2n) is 8.15. The number of nitrogens with zero attached hydrogens (tertiary/aromatic N) is 1. The number of hydrogen-bond donors (Lipinski definition) is 2. The molecule has 1 aliphatic rings. The van der Waals surface area contributed by atoms with E-state index in [9.17, 15) is 9.59 Å². The summed E-state index contributed by atoms with van der Waals surface area (Å²) in [4.78, 5) is 29.4. The van der Waals surface area contributed by atoms with Crippen molar-refractivity contribution in [3.05, 3.63) is 63.2 Å². The van der Waals surface area contributed by atoms with Crippen LogP contribution in [-0.2, 0) is 17.8 Å². The van der Waals surface area contributed by atoms with Crippen molar-refractivity contribution >= 4 is 28.6 Å². The number of amides is 1. The molecule has 3 heterocycles. The van der Waals surface area contributed by atoms with Crippen LogP contribution >= 0.6 is 11.8 Å². The zero-order chi connectivity index (χ0) is 22.0. The Morgan fingerprint density at radius 3 is 2.74 bits per heavy atom. The lowest BCUT2D eigenvalue weighted by molar-refractivity contribution is 0.0614. The highest BCUT2D eigenvalue weighted by Gasteiger charge is 2.23. The molecule has 0 unspecified atom stereocenters. The Balaban J connectivity index is 1.63. The van der Waals surface area contributed by atoms with Crippen LogP contribution in [0.5, 0.6) is 0 Å². The number of aromatic nitrogens is 2. The van der Waals surface area contributed by atoms with E-state index in [0.717, 1.165) is 59.8 Å². The van der Waals surface area contributed by atoms with Crippen LogP contribution in [0.1, 0.15) is 40.2 Å². The standard InChI is InChI=1S/C24H29N3O3S/c1-15-12-21(31-3)19(23(28)26-15)13-25-24(29)22-16(2)27(14-17-8-10-30-11-9-17)20-7-5-4-6-18(20)22/h4-7,12,17H,8-11,13-14H2,1-3H3,(H,25,29)(H,26,28). The largest absolute Gasteiger partial charge is 0.381 e. The highest BCUT2D eigenvalue weighted by Crippen LogP contribution is 2.29. The van der Waals surface area contributed by atoms with Gasteiger partial charge in [0.05, 0.1) is 5.56 Å². The quantitative estimate of drug-likeness (QED) is 0.569. The SMILES string of the molecule is CSc1cc(C)[nH]c(=O)c1CNC(=O)c1c(C)n(CC2CCOCC2)c2ccccc12. The third kappa shape index (κ3) is 4.43. The van der Waals surface area contributed by atoms with Crippen molar-refractivity contribution in [3.63, 3.8) is 0 Å². The predicted octanol–water partition coefficient (Wildman–Crippen LogP) is 4.02. The molecule has 2 aromatic heterocycles. The molecule has 0 spiro atoms. The van der Waals surface area contributed by atoms with Crippen LogP contribution in [-0.4, -0.2) is 34.9 Å². The summed E-state index contributed by atoms with van der Waals surface area (Å²) in [5, 5.41) is 3.95. The number of aryl methyl sites for hydroxylation is 1. The number of para-hydroxylation sites is 1. The minimum Gasteiger partial charge on any atom is -0.381 e. The molecule has 7 heteroatoms. The number of carbonyl (C=O) groups excluding carboxylic acids is 1. The average Bonchev–Trinajstić information content (AvgIpc) is 3.04. The number of ether oxygens (including phenoxy) is 1. The second kappa shape index (κ2) is 9.32. The molecule has 31 heavy (non-hydrogen) atoms. The number of H-pyrrole nitrogens is 1. The summed E-state index contributed by atoms with van der Waals surface area (Å²) < 4.78 is 7.78. The molecule has 0 radical (unpaired) electrons. The number of nitrogens with one attached hydrogen (secondary N) is 2. The maximum Gasteiger partial charge on any atom is 0.254 e. The van der Waals surface area contributed by atoms with Crippen molar-refractivity contribution in [1.82, 2.24) is 14.9 Å². The van der Waals surface area contributed by atoms with Gasteiger partial charge in [-0.2, -0.15) is 0 Å². The lowest BCUT2D eigenvalue weighted by atomic mass is 10.0. The van der Waals surface area contributed by atoms with Crippen LogP contribution in [0.15, 0.2) is 40.0 Å². The smallest absolute Gasteiger partial charge is 0.254 e. The van der Waals surface area contributed by atoms with E-state index in [2.05, 4.69) is 20.9 Å². The van der Waals surface area contributed by atoms with Gasteiger partial charge in [0.2, 0.25) is 0 Å². The molecule has 0 atom stereocenters. The highest BCUT2D eigenvalue weighted by atomic mass is 32.2. The molecule has 1 aromatic carbocycles. The predicted molar refractivity (Wildman–Crippen MR) is 125 cm³/mol. The molecule has 1 fully saturated rings. The summed E-state index contributed by atoms with van der Waals surface area (Å²) in [6.07, 6.45) is 4.02. The van der Waals surface area contributed by atoms with Gasteiger partial charge in [-0.25, -0.2) is 0 Å². The van der Waals surface area contributed by atoms with Crippen LogP contribution in [0.3, 0.4) is 0 Å². The molecule has 6 nitrogen and oxygen atoms in total. The molecule has 0 aliphatic carbocycles. The van der Waals surface area contributed by atoms with Gasteiger partial charge in [-0.3, -0.25) is 9.59 Å². The average molecular weight is 440 g/mol. The van der Waals surface area contributed by atoms with E-state index >= 15 is 0 Å². The molecular formula is C24H29N3O3S. The van der Waals surface area contributed by atoms with Crippen molar-refractivity contribution < 1.29 is 9.53 Å². The highest BCUT2D eigenvalue weighted by molar-refractivity contribution is 7.98. The van der Waals surface area contributed by atoms with E-state index < -0.39 is 0 Å². The van der Waals surface area contributed by atoms with Crippen molar-refractivity contribution in [2.75, 3.05) is 19.5 Å². The van der Waals surface area contributed by atoms with Gasteiger partial charge in [-0.1, -0.05) is 18.2 Å². The Bertz CT molecular complexity index is 1160. The second-order valence-corrected chi connectivity index (χ2v) is 9.00. The fraction of sp³-hybridized carbons (Fsp3) is 0.417. The van der Waals surface area contributed by atoms with Gasteiger partial charge in [-0.05, 0) is 51.0 Å². The Labute approximate surface area is 186 Å². The molecular weight excluding hydrogens is 410 g/mol. The molecule has 1 amide bonds. The topological polar surface area (TPSA) is 76.1 Å². The van der Waals surface area contributed by atoms with Crippen LogP contribution in [0.4, 0.5) is 0 Å². The lowest BCUT2D eigenvalue weighted by Crippen LogP contribution is -2.28. The van der Waals surface area contributed by atoms with Gasteiger partial charge < -0.3 is 19.6 Å². The van der Waals surface area contributed by atoms with Crippen LogP contribution in [0.25, 0.3) is 10.9 Å². The van der Waals surface area contributed by atoms with Gasteiger partial charge in [0.15, 0.2) is 0 Å². The first-order valence-electron chi connectivity index (χ1n) is 10.7. The van der Waals surface area contributed by atoms with Crippen molar-refractivity contribution in [1.29, 1.82) is 0 Å². The molecule has 2 N–H and O–H groups in total. The summed E-state index contributed by atoms with van der Waals surface area (Å²) in [5.74, 6) is 0.404. The van der Waals surface area contributed by atoms with Gasteiger partial charge in [0.25, 0.3) is 11.5 Å². The number of fused-ring (bicyclic) bond motifs is 1. The van der Waals surface area contributed by atoms with E-state index in [1.54, 1.807) is 0 Å². The normalized spacial score (nSPS) is 14.8. The monoisotopic (exact) mass is 439 g/mol. The van der Waals surface area contributed by atoms with E-state index in [-0.39, 0.29) is 18.0 Å². The number of thioether (sulfide) groups is 1. The van der Waals surface area contributed by atoms with E-state index in [1.807, 2.05) is 44.4 Å². The first-order chi connectivity index (χ1) is 15.0. The van der Waals surface area contributed by atoms with Gasteiger partial charge >= 0.3 is 0 Å². The maximum atomic E-state index is 13.3.